The van der Waals surface area contributed by atoms with Gasteiger partial charge in [-0.1, -0.05) is 68.3 Å². The lowest BCUT2D eigenvalue weighted by molar-refractivity contribution is -0.384. The second-order valence-corrected chi connectivity index (χ2v) is 11.9. The van der Waals surface area contributed by atoms with E-state index in [-0.39, 0.29) is 34.8 Å². The van der Waals surface area contributed by atoms with E-state index in [1.54, 1.807) is 4.90 Å². The molecule has 0 saturated carbocycles. The van der Waals surface area contributed by atoms with Gasteiger partial charge in [0, 0.05) is 24.0 Å². The molecule has 1 unspecified atom stereocenters. The quantitative estimate of drug-likeness (QED) is 0.217. The smallest absolute Gasteiger partial charge is 0.289 e. The van der Waals surface area contributed by atoms with E-state index in [4.69, 9.17) is 11.6 Å². The molecule has 0 saturated heterocycles. The zero-order valence-corrected chi connectivity index (χ0v) is 22.4. The fourth-order valence-corrected chi connectivity index (χ4v) is 5.98. The maximum atomic E-state index is 13.6. The summed E-state index contributed by atoms with van der Waals surface area (Å²) in [6, 6.07) is 16.7. The molecule has 0 aliphatic heterocycles. The van der Waals surface area contributed by atoms with Gasteiger partial charge in [0.05, 0.1) is 22.9 Å². The van der Waals surface area contributed by atoms with E-state index in [9.17, 15) is 23.3 Å². The molecule has 0 N–H and O–H groups in total. The third-order valence-corrected chi connectivity index (χ3v) is 8.76. The molecular formula is C25H28ClN3O5S2. The molecule has 0 fully saturated rings. The molecule has 3 aromatic rings. The van der Waals surface area contributed by atoms with E-state index >= 15 is 0 Å². The molecule has 11 heteroatoms. The standard InChI is InChI=1S/C25H28ClN3O5S2/c1-3-19(2)15-28(36(33,34)22-11-12-23(26)24(14-22)29(31)32)18-25(30)27(17-21-10-7-13-35-21)16-20-8-5-4-6-9-20/h4-14,19H,3,15-18H2,1-2H3. The van der Waals surface area contributed by atoms with Crippen molar-refractivity contribution >= 4 is 44.6 Å². The highest BCUT2D eigenvalue weighted by Crippen LogP contribution is 2.29. The first kappa shape index (κ1) is 27.8. The van der Waals surface area contributed by atoms with Crippen molar-refractivity contribution < 1.29 is 18.1 Å². The highest BCUT2D eigenvalue weighted by Gasteiger charge is 2.31. The number of nitrogens with zero attached hydrogens (tertiary/aromatic N) is 3. The van der Waals surface area contributed by atoms with Crippen LogP contribution in [0.2, 0.25) is 5.02 Å². The Morgan fingerprint density at radius 1 is 1.11 bits per heavy atom. The number of nitro groups is 1. The molecule has 8 nitrogen and oxygen atoms in total. The number of sulfonamides is 1. The van der Waals surface area contributed by atoms with Crippen LogP contribution in [-0.2, 0) is 27.9 Å². The zero-order chi connectivity index (χ0) is 26.3. The van der Waals surface area contributed by atoms with Crippen LogP contribution in [0.25, 0.3) is 0 Å². The third-order valence-electron chi connectivity index (χ3n) is 5.77. The summed E-state index contributed by atoms with van der Waals surface area (Å²) in [7, 11) is -4.22. The fraction of sp³-hybridized carbons (Fsp3) is 0.320. The van der Waals surface area contributed by atoms with E-state index in [1.165, 1.54) is 23.5 Å². The van der Waals surface area contributed by atoms with E-state index in [0.29, 0.717) is 19.5 Å². The van der Waals surface area contributed by atoms with Crippen LogP contribution in [0, 0.1) is 16.0 Å². The number of amides is 1. The van der Waals surface area contributed by atoms with Gasteiger partial charge in [0.1, 0.15) is 5.02 Å². The van der Waals surface area contributed by atoms with E-state index < -0.39 is 20.6 Å². The molecule has 1 heterocycles. The molecular weight excluding hydrogens is 522 g/mol. The average Bonchev–Trinajstić information content (AvgIpc) is 3.36. The number of hydrogen-bond donors (Lipinski definition) is 0. The second-order valence-electron chi connectivity index (χ2n) is 8.50. The number of halogens is 1. The van der Waals surface area contributed by atoms with Crippen molar-refractivity contribution in [2.45, 2.75) is 38.3 Å². The van der Waals surface area contributed by atoms with E-state index in [1.807, 2.05) is 61.7 Å². The van der Waals surface area contributed by atoms with Gasteiger partial charge in [0.25, 0.3) is 5.69 Å². The number of benzene rings is 2. The maximum absolute atomic E-state index is 13.6. The van der Waals surface area contributed by atoms with Gasteiger partial charge in [0.2, 0.25) is 15.9 Å². The van der Waals surface area contributed by atoms with Gasteiger partial charge < -0.3 is 4.90 Å². The Kier molecular flexibility index (Phi) is 9.61. The largest absolute Gasteiger partial charge is 0.332 e. The van der Waals surface area contributed by atoms with Crippen molar-refractivity contribution in [2.24, 2.45) is 5.92 Å². The summed E-state index contributed by atoms with van der Waals surface area (Å²) in [4.78, 5) is 26.5. The first-order chi connectivity index (χ1) is 17.1. The van der Waals surface area contributed by atoms with Crippen LogP contribution >= 0.6 is 22.9 Å². The minimum atomic E-state index is -4.22. The molecule has 0 radical (unpaired) electrons. The van der Waals surface area contributed by atoms with Crippen LogP contribution in [0.3, 0.4) is 0 Å². The monoisotopic (exact) mass is 549 g/mol. The minimum absolute atomic E-state index is 0.0327. The Balaban J connectivity index is 1.93. The number of thiophene rings is 1. The van der Waals surface area contributed by atoms with Crippen molar-refractivity contribution in [3.63, 3.8) is 0 Å². The van der Waals surface area contributed by atoms with Crippen molar-refractivity contribution in [3.8, 4) is 0 Å². The highest BCUT2D eigenvalue weighted by molar-refractivity contribution is 7.89. The number of carbonyl (C=O) groups excluding carboxylic acids is 1. The van der Waals surface area contributed by atoms with Gasteiger partial charge >= 0.3 is 0 Å². The molecule has 1 aromatic heterocycles. The molecule has 192 valence electrons. The van der Waals surface area contributed by atoms with Crippen molar-refractivity contribution in [1.29, 1.82) is 0 Å². The number of hydrogen-bond acceptors (Lipinski definition) is 6. The first-order valence-electron chi connectivity index (χ1n) is 11.4. The van der Waals surface area contributed by atoms with Crippen LogP contribution in [0.15, 0.2) is 70.9 Å². The van der Waals surface area contributed by atoms with Crippen LogP contribution in [0.4, 0.5) is 5.69 Å². The first-order valence-corrected chi connectivity index (χ1v) is 14.1. The molecule has 3 rings (SSSR count). The van der Waals surface area contributed by atoms with Gasteiger partial charge in [-0.3, -0.25) is 14.9 Å². The predicted octanol–water partition coefficient (Wildman–Crippen LogP) is 5.58. The molecule has 2 aromatic carbocycles. The Hall–Kier alpha value is -2.79. The van der Waals surface area contributed by atoms with E-state index in [2.05, 4.69) is 0 Å². The van der Waals surface area contributed by atoms with Crippen molar-refractivity contribution in [1.82, 2.24) is 9.21 Å². The summed E-state index contributed by atoms with van der Waals surface area (Å²) in [5.41, 5.74) is 0.419. The lowest BCUT2D eigenvalue weighted by atomic mass is 10.1. The van der Waals surface area contributed by atoms with Crippen LogP contribution in [-0.4, -0.2) is 41.5 Å². The van der Waals surface area contributed by atoms with Gasteiger partial charge in [-0.25, -0.2) is 8.42 Å². The third kappa shape index (κ3) is 7.13. The minimum Gasteiger partial charge on any atom is -0.332 e. The second kappa shape index (κ2) is 12.4. The SMILES string of the molecule is CCC(C)CN(CC(=O)N(Cc1ccccc1)Cc1cccs1)S(=O)(=O)c1ccc(Cl)c([N+](=O)[O-])c1. The fourth-order valence-electron chi connectivity index (χ4n) is 3.54. The summed E-state index contributed by atoms with van der Waals surface area (Å²) in [5, 5.41) is 13.1. The molecule has 36 heavy (non-hydrogen) atoms. The Bertz CT molecular complexity index is 1280. The Labute approximate surface area is 220 Å². The van der Waals surface area contributed by atoms with Crippen LogP contribution in [0.1, 0.15) is 30.7 Å². The number of carbonyl (C=O) groups is 1. The van der Waals surface area contributed by atoms with Gasteiger partial charge in [-0.05, 0) is 35.1 Å². The average molecular weight is 550 g/mol. The maximum Gasteiger partial charge on any atom is 0.289 e. The zero-order valence-electron chi connectivity index (χ0n) is 20.0. The molecule has 0 bridgehead atoms. The summed E-state index contributed by atoms with van der Waals surface area (Å²) >= 11 is 7.41. The number of rotatable bonds is 12. The van der Waals surface area contributed by atoms with E-state index in [0.717, 1.165) is 20.8 Å². The summed E-state index contributed by atoms with van der Waals surface area (Å²) < 4.78 is 28.3. The van der Waals surface area contributed by atoms with Crippen molar-refractivity contribution in [2.75, 3.05) is 13.1 Å². The Morgan fingerprint density at radius 2 is 1.83 bits per heavy atom. The predicted molar refractivity (Wildman–Crippen MR) is 141 cm³/mol. The molecule has 0 spiro atoms. The summed E-state index contributed by atoms with van der Waals surface area (Å²) in [6.45, 7) is 4.20. The lowest BCUT2D eigenvalue weighted by Gasteiger charge is -2.28. The number of nitro benzene ring substituents is 1. The van der Waals surface area contributed by atoms with Gasteiger partial charge in [0.15, 0.2) is 0 Å². The topological polar surface area (TPSA) is 101 Å². The van der Waals surface area contributed by atoms with Gasteiger partial charge in [-0.15, -0.1) is 11.3 Å². The van der Waals surface area contributed by atoms with Crippen LogP contribution in [0.5, 0.6) is 0 Å². The molecule has 1 amide bonds. The normalized spacial score (nSPS) is 12.4. The lowest BCUT2D eigenvalue weighted by Crippen LogP contribution is -2.44. The molecule has 0 aliphatic rings. The summed E-state index contributed by atoms with van der Waals surface area (Å²) in [5.74, 6) is -0.391. The van der Waals surface area contributed by atoms with Crippen LogP contribution < -0.4 is 0 Å². The molecule has 0 aliphatic carbocycles. The summed E-state index contributed by atoms with van der Waals surface area (Å²) in [6.07, 6.45) is 0.698. The highest BCUT2D eigenvalue weighted by atomic mass is 35.5. The molecule has 1 atom stereocenters. The van der Waals surface area contributed by atoms with Crippen molar-refractivity contribution in [3.05, 3.63) is 91.6 Å². The Morgan fingerprint density at radius 3 is 2.44 bits per heavy atom. The van der Waals surface area contributed by atoms with Gasteiger partial charge in [-0.2, -0.15) is 4.31 Å².